The maximum Gasteiger partial charge on any atom is 0.0586 e. The van der Waals surface area contributed by atoms with Crippen molar-refractivity contribution in [2.24, 2.45) is 0 Å². The monoisotopic (exact) mass is 352 g/mol. The molecule has 140 valence electrons. The highest BCUT2D eigenvalue weighted by Crippen LogP contribution is 2.51. The van der Waals surface area contributed by atoms with Gasteiger partial charge in [-0.05, 0) is 69.8 Å². The highest BCUT2D eigenvalue weighted by Gasteiger charge is 2.42. The van der Waals surface area contributed by atoms with Crippen LogP contribution < -0.4 is 4.90 Å². The van der Waals surface area contributed by atoms with E-state index < -0.39 is 0 Å². The van der Waals surface area contributed by atoms with Gasteiger partial charge in [0.2, 0.25) is 0 Å². The van der Waals surface area contributed by atoms with Gasteiger partial charge < -0.3 is 10.0 Å². The molecule has 2 atom stereocenters. The molecular formula is C23H32N2O. The Balaban J connectivity index is 1.40. The van der Waals surface area contributed by atoms with Gasteiger partial charge in [0.1, 0.15) is 0 Å². The lowest BCUT2D eigenvalue weighted by atomic mass is 9.77. The fourth-order valence-corrected chi connectivity index (χ4v) is 5.08. The minimum absolute atomic E-state index is 0.139. The lowest BCUT2D eigenvalue weighted by Crippen LogP contribution is -2.42. The fourth-order valence-electron chi connectivity index (χ4n) is 5.08. The third-order valence-electron chi connectivity index (χ3n) is 6.60. The number of nitrogens with zero attached hydrogens (tertiary/aromatic N) is 2. The lowest BCUT2D eigenvalue weighted by Gasteiger charge is -2.35. The van der Waals surface area contributed by atoms with Crippen molar-refractivity contribution in [2.75, 3.05) is 31.1 Å². The fraction of sp³-hybridized carbons (Fsp3) is 0.565. The summed E-state index contributed by atoms with van der Waals surface area (Å²) in [7, 11) is 0. The molecule has 26 heavy (non-hydrogen) atoms. The maximum absolute atomic E-state index is 9.59. The summed E-state index contributed by atoms with van der Waals surface area (Å²) in [6, 6.07) is 9.33. The Morgan fingerprint density at radius 1 is 1.15 bits per heavy atom. The lowest BCUT2D eigenvalue weighted by molar-refractivity contribution is 0.0889. The average molecular weight is 353 g/mol. The number of likely N-dealkylation sites (tertiary alicyclic amines) is 1. The topological polar surface area (TPSA) is 26.7 Å². The minimum atomic E-state index is 0.139. The van der Waals surface area contributed by atoms with Gasteiger partial charge in [-0.25, -0.2) is 0 Å². The molecule has 0 spiro atoms. The van der Waals surface area contributed by atoms with E-state index in [-0.39, 0.29) is 5.41 Å². The van der Waals surface area contributed by atoms with Gasteiger partial charge >= 0.3 is 0 Å². The zero-order valence-corrected chi connectivity index (χ0v) is 16.0. The Bertz CT molecular complexity index is 695. The molecule has 0 amide bonds. The van der Waals surface area contributed by atoms with Crippen molar-refractivity contribution in [1.29, 1.82) is 0 Å². The molecule has 3 nitrogen and oxygen atoms in total. The molecule has 2 aliphatic heterocycles. The number of rotatable bonds is 6. The van der Waals surface area contributed by atoms with E-state index in [1.807, 2.05) is 0 Å². The molecule has 0 radical (unpaired) electrons. The molecule has 4 rings (SSSR count). The van der Waals surface area contributed by atoms with E-state index >= 15 is 0 Å². The summed E-state index contributed by atoms with van der Waals surface area (Å²) in [5, 5.41) is 9.59. The molecule has 2 unspecified atom stereocenters. The first-order chi connectivity index (χ1) is 12.7. The molecule has 1 aliphatic carbocycles. The van der Waals surface area contributed by atoms with Crippen LogP contribution in [0.15, 0.2) is 48.2 Å². The van der Waals surface area contributed by atoms with Gasteiger partial charge in [-0.2, -0.15) is 0 Å². The van der Waals surface area contributed by atoms with Crippen LogP contribution in [-0.2, 0) is 5.41 Å². The van der Waals surface area contributed by atoms with Crippen LogP contribution in [0, 0.1) is 0 Å². The number of para-hydroxylation sites is 1. The van der Waals surface area contributed by atoms with E-state index in [2.05, 4.69) is 59.2 Å². The van der Waals surface area contributed by atoms with Gasteiger partial charge in [0.15, 0.2) is 0 Å². The number of benzene rings is 1. The van der Waals surface area contributed by atoms with Gasteiger partial charge in [0, 0.05) is 29.4 Å². The quantitative estimate of drug-likeness (QED) is 0.776. The van der Waals surface area contributed by atoms with Crippen molar-refractivity contribution in [1.82, 2.24) is 4.90 Å². The number of fused-ring (bicyclic) bond motifs is 3. The van der Waals surface area contributed by atoms with Gasteiger partial charge in [-0.3, -0.25) is 4.90 Å². The van der Waals surface area contributed by atoms with Crippen LogP contribution in [0.2, 0.25) is 0 Å². The van der Waals surface area contributed by atoms with Gasteiger partial charge in [0.25, 0.3) is 0 Å². The third-order valence-corrected chi connectivity index (χ3v) is 6.60. The number of aliphatic hydroxyl groups is 1. The number of aliphatic hydroxyl groups excluding tert-OH is 1. The van der Waals surface area contributed by atoms with Crippen molar-refractivity contribution in [3.05, 3.63) is 53.8 Å². The summed E-state index contributed by atoms with van der Waals surface area (Å²) in [6.07, 6.45) is 14.0. The number of anilines is 1. The highest BCUT2D eigenvalue weighted by atomic mass is 16.3. The summed E-state index contributed by atoms with van der Waals surface area (Å²) >= 11 is 0. The summed E-state index contributed by atoms with van der Waals surface area (Å²) in [4.78, 5) is 5.06. The van der Waals surface area contributed by atoms with E-state index in [0.717, 1.165) is 32.5 Å². The maximum atomic E-state index is 9.59. The molecule has 3 heteroatoms. The third kappa shape index (κ3) is 3.12. The molecule has 3 aliphatic rings. The summed E-state index contributed by atoms with van der Waals surface area (Å²) < 4.78 is 0. The van der Waals surface area contributed by atoms with Crippen LogP contribution in [0.25, 0.3) is 0 Å². The van der Waals surface area contributed by atoms with Crippen LogP contribution in [0.3, 0.4) is 0 Å². The van der Waals surface area contributed by atoms with Crippen molar-refractivity contribution in [3.8, 4) is 0 Å². The normalized spacial score (nSPS) is 28.0. The number of hydrogen-bond donors (Lipinski definition) is 1. The van der Waals surface area contributed by atoms with Crippen LogP contribution in [-0.4, -0.2) is 42.3 Å². The van der Waals surface area contributed by atoms with Crippen molar-refractivity contribution in [3.63, 3.8) is 0 Å². The molecule has 1 aromatic rings. The second-order valence-electron chi connectivity index (χ2n) is 8.26. The van der Waals surface area contributed by atoms with Gasteiger partial charge in [-0.1, -0.05) is 36.8 Å². The predicted molar refractivity (Wildman–Crippen MR) is 109 cm³/mol. The zero-order valence-electron chi connectivity index (χ0n) is 16.0. The second-order valence-corrected chi connectivity index (χ2v) is 8.26. The molecule has 2 heterocycles. The molecule has 0 saturated carbocycles. The second kappa shape index (κ2) is 7.58. The molecule has 1 aromatic carbocycles. The number of hydrogen-bond acceptors (Lipinski definition) is 3. The van der Waals surface area contributed by atoms with Crippen LogP contribution in [0.4, 0.5) is 5.69 Å². The molecule has 0 bridgehead atoms. The summed E-state index contributed by atoms with van der Waals surface area (Å²) in [6.45, 7) is 6.07. The summed E-state index contributed by atoms with van der Waals surface area (Å²) in [5.41, 5.74) is 4.48. The van der Waals surface area contributed by atoms with Gasteiger partial charge in [0.05, 0.1) is 6.61 Å². The molecule has 1 N–H and O–H groups in total. The number of piperidine rings is 1. The zero-order chi connectivity index (χ0) is 18.0. The van der Waals surface area contributed by atoms with Crippen molar-refractivity contribution < 1.29 is 5.11 Å². The van der Waals surface area contributed by atoms with E-state index in [1.165, 1.54) is 42.6 Å². The molecule has 1 saturated heterocycles. The van der Waals surface area contributed by atoms with Gasteiger partial charge in [-0.15, -0.1) is 0 Å². The predicted octanol–water partition coefficient (Wildman–Crippen LogP) is 4.24. The van der Waals surface area contributed by atoms with E-state index in [1.54, 1.807) is 0 Å². The van der Waals surface area contributed by atoms with Crippen LogP contribution >= 0.6 is 0 Å². The Kier molecular flexibility index (Phi) is 5.19. The largest absolute Gasteiger partial charge is 0.395 e. The van der Waals surface area contributed by atoms with Crippen LogP contribution in [0.5, 0.6) is 0 Å². The number of allylic oxidation sites excluding steroid dienone is 4. The Morgan fingerprint density at radius 3 is 2.88 bits per heavy atom. The van der Waals surface area contributed by atoms with E-state index in [4.69, 9.17) is 0 Å². The molecule has 1 fully saturated rings. The highest BCUT2D eigenvalue weighted by molar-refractivity contribution is 5.71. The Hall–Kier alpha value is -1.58. The van der Waals surface area contributed by atoms with Crippen molar-refractivity contribution >= 4 is 5.69 Å². The standard InChI is InChI=1S/C23H32N2O/c1-23-14-6-4-13-22(23)25(21-12-3-2-11-20(21)23)17-9-8-16-24-15-7-5-10-19(24)18-26/h2-4,6,11-13,19,26H,5,7-10,14-18H2,1H3. The minimum Gasteiger partial charge on any atom is -0.395 e. The van der Waals surface area contributed by atoms with Crippen LogP contribution in [0.1, 0.15) is 51.0 Å². The Morgan fingerprint density at radius 2 is 2.00 bits per heavy atom. The van der Waals surface area contributed by atoms with E-state index in [9.17, 15) is 5.11 Å². The smallest absolute Gasteiger partial charge is 0.0586 e. The Labute approximate surface area is 158 Å². The molecule has 0 aromatic heterocycles. The SMILES string of the molecule is CC12CC=CC=C1N(CCCCN1CCCCC1CO)c1ccccc12. The molecular weight excluding hydrogens is 320 g/mol. The first-order valence-corrected chi connectivity index (χ1v) is 10.3. The average Bonchev–Trinajstić information content (AvgIpc) is 2.94. The summed E-state index contributed by atoms with van der Waals surface area (Å²) in [5.74, 6) is 0. The number of unbranched alkanes of at least 4 members (excludes halogenated alkanes) is 1. The first kappa shape index (κ1) is 17.8. The van der Waals surface area contributed by atoms with Crippen molar-refractivity contribution in [2.45, 2.75) is 56.9 Å². The van der Waals surface area contributed by atoms with E-state index in [0.29, 0.717) is 12.6 Å². The first-order valence-electron chi connectivity index (χ1n) is 10.3.